The molecule has 1 aliphatic heterocycles. The number of alkyl halides is 3. The molecule has 0 radical (unpaired) electrons. The van der Waals surface area contributed by atoms with Crippen molar-refractivity contribution in [1.29, 1.82) is 0 Å². The molecule has 44 heavy (non-hydrogen) atoms. The number of halogens is 3. The second-order valence-electron chi connectivity index (χ2n) is 10.1. The lowest BCUT2D eigenvalue weighted by Crippen LogP contribution is -2.31. The molecule has 3 heterocycles. The van der Waals surface area contributed by atoms with Crippen LogP contribution in [0.15, 0.2) is 77.5 Å². The monoisotopic (exact) mass is 644 g/mol. The number of thiazole rings is 1. The molecule has 5 rings (SSSR count). The summed E-state index contributed by atoms with van der Waals surface area (Å²) in [5.74, 6) is 1.15. The normalized spacial score (nSPS) is 15.3. The first-order valence-corrected chi connectivity index (χ1v) is 16.2. The van der Waals surface area contributed by atoms with Crippen LogP contribution in [0.1, 0.15) is 24.1 Å². The Balaban J connectivity index is 1.22. The lowest BCUT2D eigenvalue weighted by atomic mass is 10.1. The molecule has 0 saturated carbocycles. The molecule has 4 aromatic rings. The van der Waals surface area contributed by atoms with Gasteiger partial charge in [0.1, 0.15) is 5.01 Å². The van der Waals surface area contributed by atoms with Crippen LogP contribution in [0.4, 0.5) is 31.0 Å². The fourth-order valence-electron chi connectivity index (χ4n) is 4.54. The van der Waals surface area contributed by atoms with Gasteiger partial charge in [-0.05, 0) is 43.0 Å². The van der Waals surface area contributed by atoms with E-state index in [0.29, 0.717) is 50.4 Å². The molecule has 1 atom stereocenters. The summed E-state index contributed by atoms with van der Waals surface area (Å²) in [6.45, 7) is 5.93. The molecule has 232 valence electrons. The van der Waals surface area contributed by atoms with Gasteiger partial charge in [-0.2, -0.15) is 28.1 Å². The zero-order valence-corrected chi connectivity index (χ0v) is 25.2. The van der Waals surface area contributed by atoms with Crippen LogP contribution in [-0.4, -0.2) is 54.5 Å². The van der Waals surface area contributed by atoms with Crippen molar-refractivity contribution in [3.8, 4) is 10.6 Å². The molecular weight excluding hydrogens is 614 g/mol. The number of hydrogen-bond acceptors (Lipinski definition) is 10. The Hall–Kier alpha value is -4.08. The third-order valence-electron chi connectivity index (χ3n) is 6.88. The summed E-state index contributed by atoms with van der Waals surface area (Å²) >= 11 is 1.56. The molecule has 0 amide bonds. The molecule has 10 nitrogen and oxygen atoms in total. The summed E-state index contributed by atoms with van der Waals surface area (Å²) in [4.78, 5) is 20.1. The average molecular weight is 645 g/mol. The van der Waals surface area contributed by atoms with Crippen LogP contribution in [-0.2, 0) is 22.7 Å². The van der Waals surface area contributed by atoms with Crippen molar-refractivity contribution in [1.82, 2.24) is 24.7 Å². The number of aromatic nitrogens is 4. The second-order valence-corrected chi connectivity index (χ2v) is 12.8. The van der Waals surface area contributed by atoms with Crippen LogP contribution in [0.25, 0.3) is 10.6 Å². The van der Waals surface area contributed by atoms with Crippen LogP contribution in [0.5, 0.6) is 0 Å². The van der Waals surface area contributed by atoms with Gasteiger partial charge in [0, 0.05) is 37.1 Å². The fraction of sp³-hybridized carbons (Fsp3) is 0.310. The Labute approximate surface area is 257 Å². The van der Waals surface area contributed by atoms with Gasteiger partial charge in [-0.3, -0.25) is 0 Å². The molecule has 3 N–H and O–H groups in total. The van der Waals surface area contributed by atoms with Crippen molar-refractivity contribution in [3.05, 3.63) is 83.9 Å². The van der Waals surface area contributed by atoms with Crippen LogP contribution >= 0.6 is 11.3 Å². The zero-order chi connectivity index (χ0) is 31.2. The molecule has 1 aliphatic rings. The van der Waals surface area contributed by atoms with Crippen molar-refractivity contribution in [2.75, 3.05) is 41.7 Å². The Morgan fingerprint density at radius 1 is 1.00 bits per heavy atom. The number of nitrogens with zero attached hydrogens (tertiary/aromatic N) is 5. The van der Waals surface area contributed by atoms with E-state index in [0.717, 1.165) is 47.0 Å². The van der Waals surface area contributed by atoms with Crippen LogP contribution < -0.4 is 20.3 Å². The molecule has 2 aromatic carbocycles. The van der Waals surface area contributed by atoms with Gasteiger partial charge in [-0.1, -0.05) is 36.4 Å². The lowest BCUT2D eigenvalue weighted by Gasteiger charge is -2.18. The van der Waals surface area contributed by atoms with E-state index in [1.807, 2.05) is 40.6 Å². The van der Waals surface area contributed by atoms with Gasteiger partial charge >= 0.3 is 6.18 Å². The highest BCUT2D eigenvalue weighted by Crippen LogP contribution is 2.30. The highest BCUT2D eigenvalue weighted by atomic mass is 32.2. The first kappa shape index (κ1) is 31.3. The summed E-state index contributed by atoms with van der Waals surface area (Å²) in [7, 11) is -3.98. The number of nitrogens with one attached hydrogen (secondary N) is 3. The molecule has 0 aliphatic carbocycles. The van der Waals surface area contributed by atoms with Gasteiger partial charge in [0.2, 0.25) is 27.9 Å². The SMILES string of the molecule is C=CCCNc1nc(NCc2csc(-c3ccccc3)n2)nc(N2CC[C@H](CNS(=O)(=O)c3ccc(C(F)(F)F)cc3)C2)n1. The van der Waals surface area contributed by atoms with Crippen molar-refractivity contribution >= 4 is 39.2 Å². The minimum atomic E-state index is -4.54. The van der Waals surface area contributed by atoms with Crippen molar-refractivity contribution in [2.24, 2.45) is 5.92 Å². The van der Waals surface area contributed by atoms with Crippen LogP contribution in [0.2, 0.25) is 0 Å². The largest absolute Gasteiger partial charge is 0.416 e. The van der Waals surface area contributed by atoms with E-state index in [1.54, 1.807) is 17.4 Å². The molecule has 1 saturated heterocycles. The Morgan fingerprint density at radius 3 is 2.43 bits per heavy atom. The Kier molecular flexibility index (Phi) is 9.76. The molecule has 2 aromatic heterocycles. The Bertz CT molecular complexity index is 1670. The van der Waals surface area contributed by atoms with E-state index in [9.17, 15) is 21.6 Å². The summed E-state index contributed by atoms with van der Waals surface area (Å²) in [6, 6.07) is 13.4. The number of sulfonamides is 1. The van der Waals surface area contributed by atoms with Gasteiger partial charge < -0.3 is 15.5 Å². The maximum Gasteiger partial charge on any atom is 0.416 e. The second kappa shape index (κ2) is 13.7. The van der Waals surface area contributed by atoms with E-state index in [4.69, 9.17) is 4.98 Å². The maximum atomic E-state index is 12.9. The number of anilines is 3. The quantitative estimate of drug-likeness (QED) is 0.129. The minimum Gasteiger partial charge on any atom is -0.354 e. The number of rotatable bonds is 13. The molecule has 0 unspecified atom stereocenters. The number of hydrogen-bond donors (Lipinski definition) is 3. The van der Waals surface area contributed by atoms with Gasteiger partial charge in [0.25, 0.3) is 0 Å². The van der Waals surface area contributed by atoms with Crippen molar-refractivity contribution in [2.45, 2.75) is 30.5 Å². The van der Waals surface area contributed by atoms with Gasteiger partial charge in [-0.15, -0.1) is 17.9 Å². The predicted molar refractivity (Wildman–Crippen MR) is 165 cm³/mol. The predicted octanol–water partition coefficient (Wildman–Crippen LogP) is 5.42. The minimum absolute atomic E-state index is 0.0593. The van der Waals surface area contributed by atoms with E-state index in [1.165, 1.54) is 0 Å². The fourth-order valence-corrected chi connectivity index (χ4v) is 6.48. The van der Waals surface area contributed by atoms with Gasteiger partial charge in [0.15, 0.2) is 0 Å². The van der Waals surface area contributed by atoms with E-state index in [-0.39, 0.29) is 17.4 Å². The highest BCUT2D eigenvalue weighted by Gasteiger charge is 2.31. The average Bonchev–Trinajstić information content (AvgIpc) is 3.70. The lowest BCUT2D eigenvalue weighted by molar-refractivity contribution is -0.137. The van der Waals surface area contributed by atoms with E-state index >= 15 is 0 Å². The summed E-state index contributed by atoms with van der Waals surface area (Å²) in [5, 5.41) is 9.33. The summed E-state index contributed by atoms with van der Waals surface area (Å²) in [6.07, 6.45) is -1.36. The first-order chi connectivity index (χ1) is 21.1. The van der Waals surface area contributed by atoms with E-state index < -0.39 is 21.8 Å². The molecule has 1 fully saturated rings. The maximum absolute atomic E-state index is 12.9. The molecular formula is C29H31F3N8O2S2. The third-order valence-corrected chi connectivity index (χ3v) is 9.26. The molecule has 0 spiro atoms. The van der Waals surface area contributed by atoms with Gasteiger partial charge in [-0.25, -0.2) is 18.1 Å². The topological polar surface area (TPSA) is 125 Å². The Morgan fingerprint density at radius 2 is 1.73 bits per heavy atom. The standard InChI is InChI=1S/C29H31F3N8O2S2/c1-2-3-14-33-26-37-27(34-17-23-19-43-25(36-23)21-7-5-4-6-8-21)39-28(38-26)40-15-13-20(18-40)16-35-44(41,42)24-11-9-22(10-12-24)29(30,31)32/h2,4-12,19-20,35H,1,3,13-18H2,(H2,33,34,37,38,39)/t20-/m1/s1. The summed E-state index contributed by atoms with van der Waals surface area (Å²) < 4.78 is 66.5. The van der Waals surface area contributed by atoms with Crippen molar-refractivity contribution in [3.63, 3.8) is 0 Å². The molecule has 0 bridgehead atoms. The third kappa shape index (κ3) is 8.09. The van der Waals surface area contributed by atoms with Crippen LogP contribution in [0, 0.1) is 5.92 Å². The molecule has 15 heteroatoms. The summed E-state index contributed by atoms with van der Waals surface area (Å²) in [5.41, 5.74) is 0.986. The zero-order valence-electron chi connectivity index (χ0n) is 23.6. The van der Waals surface area contributed by atoms with Crippen LogP contribution in [0.3, 0.4) is 0 Å². The smallest absolute Gasteiger partial charge is 0.354 e. The highest BCUT2D eigenvalue weighted by molar-refractivity contribution is 7.89. The van der Waals surface area contributed by atoms with Crippen molar-refractivity contribution < 1.29 is 21.6 Å². The van der Waals surface area contributed by atoms with E-state index in [2.05, 4.69) is 36.9 Å². The number of benzene rings is 2. The van der Waals surface area contributed by atoms with Gasteiger partial charge in [0.05, 0.1) is 22.7 Å². The first-order valence-electron chi connectivity index (χ1n) is 13.9.